The molecule has 1 N–H and O–H groups in total. The van der Waals surface area contributed by atoms with Crippen LogP contribution in [-0.4, -0.2) is 68.3 Å². The number of hydrogen-bond donors (Lipinski definition) is 1. The Kier molecular flexibility index (Phi) is 5.65. The minimum absolute atomic E-state index is 0.0395. The lowest BCUT2D eigenvalue weighted by Gasteiger charge is -2.48. The molecule has 0 amide bonds. The van der Waals surface area contributed by atoms with Crippen LogP contribution in [-0.2, 0) is 14.8 Å². The molecular weight excluding hydrogens is 390 g/mol. The third-order valence-corrected chi connectivity index (χ3v) is 9.21. The molecule has 0 unspecified atom stereocenters. The number of aliphatic hydroxyl groups excluding tert-OH is 1. The zero-order valence-corrected chi connectivity index (χ0v) is 18.4. The molecule has 1 spiro atoms. The molecule has 8 heteroatoms. The van der Waals surface area contributed by atoms with Crippen LogP contribution in [0.5, 0.6) is 0 Å². The second-order valence-electron chi connectivity index (χ2n) is 9.21. The molecule has 162 valence electrons. The molecule has 1 aliphatic carbocycles. The molecule has 1 aromatic rings. The SMILES string of the molecule is COC1(CO)CN(c2cc(C)c(S(=O)(=O)N3CCC4(CCCCCC4)C3)cn2)C1. The minimum Gasteiger partial charge on any atom is -0.393 e. The summed E-state index contributed by atoms with van der Waals surface area (Å²) in [4.78, 5) is 6.75. The van der Waals surface area contributed by atoms with E-state index in [4.69, 9.17) is 4.74 Å². The highest BCUT2D eigenvalue weighted by Crippen LogP contribution is 2.44. The van der Waals surface area contributed by atoms with Crippen LogP contribution in [0, 0.1) is 12.3 Å². The molecule has 1 aromatic heterocycles. The van der Waals surface area contributed by atoms with Gasteiger partial charge in [-0.05, 0) is 43.2 Å². The molecule has 2 aliphatic heterocycles. The zero-order chi connectivity index (χ0) is 20.7. The van der Waals surface area contributed by atoms with Crippen molar-refractivity contribution in [3.05, 3.63) is 17.8 Å². The van der Waals surface area contributed by atoms with Crippen LogP contribution < -0.4 is 4.90 Å². The van der Waals surface area contributed by atoms with Crippen molar-refractivity contribution in [2.24, 2.45) is 5.41 Å². The Morgan fingerprint density at radius 2 is 1.83 bits per heavy atom. The fourth-order valence-electron chi connectivity index (χ4n) is 5.20. The number of sulfonamides is 1. The van der Waals surface area contributed by atoms with Crippen LogP contribution >= 0.6 is 0 Å². The van der Waals surface area contributed by atoms with E-state index in [9.17, 15) is 13.5 Å². The summed E-state index contributed by atoms with van der Waals surface area (Å²) in [6.45, 7) is 4.16. The number of ether oxygens (including phenoxy) is 1. The van der Waals surface area contributed by atoms with E-state index in [-0.39, 0.29) is 12.0 Å². The third-order valence-electron chi connectivity index (χ3n) is 7.24. The summed E-state index contributed by atoms with van der Waals surface area (Å²) in [5.41, 5.74) is 0.356. The molecule has 0 aromatic carbocycles. The number of anilines is 1. The molecule has 0 bridgehead atoms. The summed E-state index contributed by atoms with van der Waals surface area (Å²) in [6, 6.07) is 1.83. The van der Waals surface area contributed by atoms with E-state index in [0.717, 1.165) is 30.6 Å². The lowest BCUT2D eigenvalue weighted by atomic mass is 9.80. The first kappa shape index (κ1) is 21.0. The molecule has 0 radical (unpaired) electrons. The fourth-order valence-corrected chi connectivity index (χ4v) is 6.91. The van der Waals surface area contributed by atoms with Gasteiger partial charge in [0.25, 0.3) is 0 Å². The molecule has 3 aliphatic rings. The largest absolute Gasteiger partial charge is 0.393 e. The summed E-state index contributed by atoms with van der Waals surface area (Å²) in [5.74, 6) is 0.726. The Hall–Kier alpha value is -1.22. The topological polar surface area (TPSA) is 83.0 Å². The molecule has 7 nitrogen and oxygen atoms in total. The third kappa shape index (κ3) is 3.80. The van der Waals surface area contributed by atoms with Crippen molar-refractivity contribution in [3.63, 3.8) is 0 Å². The number of hydrogen-bond acceptors (Lipinski definition) is 6. The van der Waals surface area contributed by atoms with E-state index in [1.165, 1.54) is 31.9 Å². The van der Waals surface area contributed by atoms with Crippen LogP contribution in [0.15, 0.2) is 17.2 Å². The van der Waals surface area contributed by atoms with E-state index in [0.29, 0.717) is 31.1 Å². The highest BCUT2D eigenvalue weighted by atomic mass is 32.2. The summed E-state index contributed by atoms with van der Waals surface area (Å²) < 4.78 is 33.8. The van der Waals surface area contributed by atoms with Crippen LogP contribution in [0.1, 0.15) is 50.5 Å². The van der Waals surface area contributed by atoms with Crippen molar-refractivity contribution in [1.82, 2.24) is 9.29 Å². The van der Waals surface area contributed by atoms with Gasteiger partial charge in [0, 0.05) is 26.4 Å². The summed E-state index contributed by atoms with van der Waals surface area (Å²) in [5, 5.41) is 9.49. The maximum atomic E-state index is 13.3. The van der Waals surface area contributed by atoms with Gasteiger partial charge in [-0.1, -0.05) is 25.7 Å². The predicted molar refractivity (Wildman–Crippen MR) is 112 cm³/mol. The first-order valence-corrected chi connectivity index (χ1v) is 12.1. The van der Waals surface area contributed by atoms with E-state index in [1.54, 1.807) is 11.4 Å². The molecule has 3 fully saturated rings. The van der Waals surface area contributed by atoms with Gasteiger partial charge in [0.1, 0.15) is 16.3 Å². The lowest BCUT2D eigenvalue weighted by molar-refractivity contribution is -0.0706. The minimum atomic E-state index is -3.53. The molecular formula is C21H33N3O4S. The molecule has 1 saturated carbocycles. The first-order chi connectivity index (χ1) is 13.8. The van der Waals surface area contributed by atoms with Crippen molar-refractivity contribution in [1.29, 1.82) is 0 Å². The Morgan fingerprint density at radius 1 is 1.14 bits per heavy atom. The van der Waals surface area contributed by atoms with Crippen LogP contribution in [0.2, 0.25) is 0 Å². The van der Waals surface area contributed by atoms with Crippen molar-refractivity contribution in [3.8, 4) is 0 Å². The van der Waals surface area contributed by atoms with Crippen molar-refractivity contribution in [2.45, 2.75) is 62.4 Å². The fraction of sp³-hybridized carbons (Fsp3) is 0.762. The number of aryl methyl sites for hydroxylation is 1. The maximum Gasteiger partial charge on any atom is 0.244 e. The number of nitrogens with zero attached hydrogens (tertiary/aromatic N) is 3. The van der Waals surface area contributed by atoms with Gasteiger partial charge in [0.15, 0.2) is 0 Å². The van der Waals surface area contributed by atoms with E-state index in [2.05, 4.69) is 4.98 Å². The molecule has 0 atom stereocenters. The summed E-state index contributed by atoms with van der Waals surface area (Å²) in [6.07, 6.45) is 9.76. The van der Waals surface area contributed by atoms with Crippen molar-refractivity contribution < 1.29 is 18.3 Å². The van der Waals surface area contributed by atoms with Gasteiger partial charge in [-0.3, -0.25) is 0 Å². The monoisotopic (exact) mass is 423 g/mol. The van der Waals surface area contributed by atoms with Gasteiger partial charge in [-0.2, -0.15) is 4.31 Å². The number of rotatable bonds is 5. The lowest BCUT2D eigenvalue weighted by Crippen LogP contribution is -2.65. The normalized spacial score (nSPS) is 24.4. The maximum absolute atomic E-state index is 13.3. The van der Waals surface area contributed by atoms with E-state index in [1.807, 2.05) is 17.9 Å². The Balaban J connectivity index is 1.49. The van der Waals surface area contributed by atoms with E-state index < -0.39 is 15.6 Å². The molecule has 2 saturated heterocycles. The Bertz CT molecular complexity index is 837. The zero-order valence-electron chi connectivity index (χ0n) is 17.6. The Morgan fingerprint density at radius 3 is 2.41 bits per heavy atom. The van der Waals surface area contributed by atoms with Gasteiger partial charge in [-0.15, -0.1) is 0 Å². The van der Waals surface area contributed by atoms with Crippen molar-refractivity contribution in [2.75, 3.05) is 44.8 Å². The Labute approximate surface area is 174 Å². The van der Waals surface area contributed by atoms with E-state index >= 15 is 0 Å². The first-order valence-electron chi connectivity index (χ1n) is 10.7. The summed E-state index contributed by atoms with van der Waals surface area (Å²) >= 11 is 0. The average Bonchev–Trinajstić information content (AvgIpc) is 2.96. The number of aromatic nitrogens is 1. The standard InChI is InChI=1S/C21H33N3O4S/c1-17-11-19(23-14-21(15-23,16-25)28-2)22-12-18(17)29(26,27)24-10-9-20(13-24)7-5-3-4-6-8-20/h11-12,25H,3-10,13-16H2,1-2H3. The van der Waals surface area contributed by atoms with Crippen LogP contribution in [0.3, 0.4) is 0 Å². The molecule has 4 rings (SSSR count). The number of aliphatic hydroxyl groups is 1. The summed E-state index contributed by atoms with van der Waals surface area (Å²) in [7, 11) is -1.94. The highest BCUT2D eigenvalue weighted by molar-refractivity contribution is 7.89. The van der Waals surface area contributed by atoms with Gasteiger partial charge in [0.05, 0.1) is 19.7 Å². The van der Waals surface area contributed by atoms with Crippen LogP contribution in [0.4, 0.5) is 5.82 Å². The highest BCUT2D eigenvalue weighted by Gasteiger charge is 2.45. The van der Waals surface area contributed by atoms with Crippen molar-refractivity contribution >= 4 is 15.8 Å². The average molecular weight is 424 g/mol. The number of pyridine rings is 1. The van der Waals surface area contributed by atoms with Gasteiger partial charge < -0.3 is 14.7 Å². The van der Waals surface area contributed by atoms with Gasteiger partial charge in [0.2, 0.25) is 10.0 Å². The second kappa shape index (κ2) is 7.80. The molecule has 29 heavy (non-hydrogen) atoms. The molecule has 3 heterocycles. The number of methoxy groups -OCH3 is 1. The van der Waals surface area contributed by atoms with Gasteiger partial charge in [-0.25, -0.2) is 13.4 Å². The van der Waals surface area contributed by atoms with Gasteiger partial charge >= 0.3 is 0 Å². The smallest absolute Gasteiger partial charge is 0.244 e. The quantitative estimate of drug-likeness (QED) is 0.783. The predicted octanol–water partition coefficient (Wildman–Crippen LogP) is 2.32. The second-order valence-corrected chi connectivity index (χ2v) is 11.1. The van der Waals surface area contributed by atoms with Crippen LogP contribution in [0.25, 0.3) is 0 Å².